The molecule has 0 atom stereocenters. The summed E-state index contributed by atoms with van der Waals surface area (Å²) >= 11 is 3.39. The Bertz CT molecular complexity index is 493. The highest BCUT2D eigenvalue weighted by Gasteiger charge is 2.02. The van der Waals surface area contributed by atoms with Gasteiger partial charge in [-0.15, -0.1) is 22.7 Å². The fourth-order valence-corrected chi connectivity index (χ4v) is 3.30. The summed E-state index contributed by atoms with van der Waals surface area (Å²) in [6.07, 6.45) is 3.29. The largest absolute Gasteiger partial charge is 0.463 e. The van der Waals surface area contributed by atoms with Crippen LogP contribution in [0.1, 0.15) is 12.5 Å². The van der Waals surface area contributed by atoms with Crippen LogP contribution in [0.2, 0.25) is 0 Å². The van der Waals surface area contributed by atoms with Crippen LogP contribution in [0.25, 0.3) is 15.5 Å². The predicted octanol–water partition coefficient (Wildman–Crippen LogP) is 3.54. The summed E-state index contributed by atoms with van der Waals surface area (Å²) in [5, 5.41) is 4.11. The third-order valence-corrected chi connectivity index (χ3v) is 3.95. The van der Waals surface area contributed by atoms with E-state index in [4.69, 9.17) is 4.74 Å². The molecule has 0 unspecified atom stereocenters. The Morgan fingerprint density at radius 2 is 2.40 bits per heavy atom. The van der Waals surface area contributed by atoms with E-state index in [9.17, 15) is 4.79 Å². The molecule has 0 bridgehead atoms. The first-order valence-electron chi connectivity index (χ1n) is 4.61. The van der Waals surface area contributed by atoms with Crippen LogP contribution in [0.5, 0.6) is 0 Å². The first-order valence-corrected chi connectivity index (χ1v) is 6.36. The van der Waals surface area contributed by atoms with Gasteiger partial charge in [0.25, 0.3) is 0 Å². The van der Waals surface area contributed by atoms with Gasteiger partial charge in [0.15, 0.2) is 0 Å². The lowest BCUT2D eigenvalue weighted by Gasteiger charge is -1.93. The van der Waals surface area contributed by atoms with Gasteiger partial charge in [0, 0.05) is 21.7 Å². The standard InChI is InChI=1S/C11H10O2S2/c1-2-13-10(12)4-3-8-7-15-9-5-6-14-11(8)9/h3-7H,2H2,1H3/b4-3+. The highest BCUT2D eigenvalue weighted by Crippen LogP contribution is 2.31. The van der Waals surface area contributed by atoms with Gasteiger partial charge in [0.05, 0.1) is 11.3 Å². The predicted molar refractivity (Wildman–Crippen MR) is 65.4 cm³/mol. The van der Waals surface area contributed by atoms with E-state index >= 15 is 0 Å². The number of hydrogen-bond donors (Lipinski definition) is 0. The second kappa shape index (κ2) is 4.59. The molecular formula is C11H10O2S2. The van der Waals surface area contributed by atoms with Gasteiger partial charge < -0.3 is 4.74 Å². The van der Waals surface area contributed by atoms with E-state index in [2.05, 4.69) is 16.8 Å². The smallest absolute Gasteiger partial charge is 0.330 e. The number of carbonyl (C=O) groups is 1. The summed E-state index contributed by atoms with van der Waals surface area (Å²) in [5.74, 6) is -0.284. The Hall–Kier alpha value is -1.13. The summed E-state index contributed by atoms with van der Waals surface area (Å²) in [6, 6.07) is 2.09. The van der Waals surface area contributed by atoms with Crippen molar-refractivity contribution in [1.82, 2.24) is 0 Å². The Balaban J connectivity index is 2.18. The van der Waals surface area contributed by atoms with Gasteiger partial charge in [-0.25, -0.2) is 4.79 Å². The lowest BCUT2D eigenvalue weighted by atomic mass is 10.3. The summed E-state index contributed by atoms with van der Waals surface area (Å²) in [4.78, 5) is 11.1. The van der Waals surface area contributed by atoms with Gasteiger partial charge in [0.2, 0.25) is 0 Å². The minimum Gasteiger partial charge on any atom is -0.463 e. The van der Waals surface area contributed by atoms with Crippen molar-refractivity contribution in [1.29, 1.82) is 0 Å². The number of ether oxygens (including phenoxy) is 1. The normalized spacial score (nSPS) is 11.3. The zero-order valence-corrected chi connectivity index (χ0v) is 9.86. The van der Waals surface area contributed by atoms with Gasteiger partial charge in [-0.2, -0.15) is 0 Å². The maximum atomic E-state index is 11.1. The van der Waals surface area contributed by atoms with E-state index in [0.29, 0.717) is 6.61 Å². The monoisotopic (exact) mass is 238 g/mol. The van der Waals surface area contributed by atoms with Crippen molar-refractivity contribution in [2.45, 2.75) is 6.92 Å². The highest BCUT2D eigenvalue weighted by molar-refractivity contribution is 7.26. The highest BCUT2D eigenvalue weighted by atomic mass is 32.1. The van der Waals surface area contributed by atoms with Crippen LogP contribution >= 0.6 is 22.7 Å². The van der Waals surface area contributed by atoms with Crippen LogP contribution in [-0.4, -0.2) is 12.6 Å². The topological polar surface area (TPSA) is 26.3 Å². The number of thiophene rings is 2. The molecule has 0 amide bonds. The quantitative estimate of drug-likeness (QED) is 0.604. The molecule has 0 aromatic carbocycles. The van der Waals surface area contributed by atoms with Crippen molar-refractivity contribution in [2.24, 2.45) is 0 Å². The van der Waals surface area contributed by atoms with E-state index in [-0.39, 0.29) is 5.97 Å². The molecule has 15 heavy (non-hydrogen) atoms. The third-order valence-electron chi connectivity index (χ3n) is 1.89. The molecule has 0 aliphatic rings. The maximum Gasteiger partial charge on any atom is 0.330 e. The fraction of sp³-hybridized carbons (Fsp3) is 0.182. The number of carbonyl (C=O) groups excluding carboxylic acids is 1. The van der Waals surface area contributed by atoms with Gasteiger partial charge in [-0.3, -0.25) is 0 Å². The first-order chi connectivity index (χ1) is 7.31. The van der Waals surface area contributed by atoms with Crippen molar-refractivity contribution < 1.29 is 9.53 Å². The van der Waals surface area contributed by atoms with Crippen LogP contribution in [0.4, 0.5) is 0 Å². The zero-order chi connectivity index (χ0) is 10.7. The Labute approximate surface area is 95.8 Å². The lowest BCUT2D eigenvalue weighted by Crippen LogP contribution is -1.98. The molecule has 0 saturated heterocycles. The minimum atomic E-state index is -0.284. The second-order valence-corrected chi connectivity index (χ2v) is 4.72. The van der Waals surface area contributed by atoms with Crippen molar-refractivity contribution in [2.75, 3.05) is 6.61 Å². The third kappa shape index (κ3) is 2.27. The Kier molecular flexibility index (Phi) is 3.18. The van der Waals surface area contributed by atoms with Gasteiger partial charge in [-0.05, 0) is 24.4 Å². The molecule has 4 heteroatoms. The summed E-state index contributed by atoms with van der Waals surface area (Å²) in [5.41, 5.74) is 1.10. The van der Waals surface area contributed by atoms with Gasteiger partial charge in [-0.1, -0.05) is 0 Å². The van der Waals surface area contributed by atoms with E-state index in [1.807, 2.05) is 6.08 Å². The fourth-order valence-electron chi connectivity index (χ4n) is 1.24. The molecule has 0 saturated carbocycles. The van der Waals surface area contributed by atoms with Crippen molar-refractivity contribution in [3.63, 3.8) is 0 Å². The van der Waals surface area contributed by atoms with E-state index in [1.165, 1.54) is 15.5 Å². The average Bonchev–Trinajstić information content (AvgIpc) is 2.77. The molecule has 78 valence electrons. The molecule has 2 nitrogen and oxygen atoms in total. The second-order valence-electron chi connectivity index (χ2n) is 2.89. The Morgan fingerprint density at radius 3 is 3.20 bits per heavy atom. The van der Waals surface area contributed by atoms with Gasteiger partial charge in [0.1, 0.15) is 0 Å². The number of fused-ring (bicyclic) bond motifs is 1. The lowest BCUT2D eigenvalue weighted by molar-refractivity contribution is -0.137. The summed E-state index contributed by atoms with van der Waals surface area (Å²) in [6.45, 7) is 2.22. The minimum absolute atomic E-state index is 0.284. The molecule has 0 radical (unpaired) electrons. The molecule has 2 rings (SSSR count). The maximum absolute atomic E-state index is 11.1. The molecule has 2 aromatic heterocycles. The van der Waals surface area contributed by atoms with E-state index in [1.54, 1.807) is 29.6 Å². The van der Waals surface area contributed by atoms with Crippen LogP contribution < -0.4 is 0 Å². The molecule has 0 spiro atoms. The molecular weight excluding hydrogens is 228 g/mol. The SMILES string of the molecule is CCOC(=O)/C=C/c1csc2ccsc12. The molecule has 0 fully saturated rings. The number of esters is 1. The van der Waals surface area contributed by atoms with Crippen LogP contribution in [0.3, 0.4) is 0 Å². The van der Waals surface area contributed by atoms with Crippen LogP contribution in [-0.2, 0) is 9.53 Å². The number of hydrogen-bond acceptors (Lipinski definition) is 4. The number of rotatable bonds is 3. The van der Waals surface area contributed by atoms with E-state index in [0.717, 1.165) is 5.56 Å². The molecule has 2 heterocycles. The molecule has 2 aromatic rings. The van der Waals surface area contributed by atoms with Crippen molar-refractivity contribution in [3.05, 3.63) is 28.5 Å². The zero-order valence-electron chi connectivity index (χ0n) is 8.23. The van der Waals surface area contributed by atoms with Crippen molar-refractivity contribution >= 4 is 44.1 Å². The van der Waals surface area contributed by atoms with Crippen LogP contribution in [0, 0.1) is 0 Å². The average molecular weight is 238 g/mol. The van der Waals surface area contributed by atoms with E-state index < -0.39 is 0 Å². The molecule has 0 aliphatic heterocycles. The van der Waals surface area contributed by atoms with Crippen LogP contribution in [0.15, 0.2) is 22.9 Å². The molecule has 0 N–H and O–H groups in total. The van der Waals surface area contributed by atoms with Crippen molar-refractivity contribution in [3.8, 4) is 0 Å². The molecule has 0 aliphatic carbocycles. The Morgan fingerprint density at radius 1 is 1.53 bits per heavy atom. The first kappa shape index (κ1) is 10.4. The summed E-state index contributed by atoms with van der Waals surface area (Å²) < 4.78 is 7.32. The summed E-state index contributed by atoms with van der Waals surface area (Å²) in [7, 11) is 0. The van der Waals surface area contributed by atoms with Gasteiger partial charge >= 0.3 is 5.97 Å².